The number of aromatic nitrogens is 4. The van der Waals surface area contributed by atoms with Gasteiger partial charge in [-0.05, 0) is 26.2 Å². The van der Waals surface area contributed by atoms with Gasteiger partial charge in [0.1, 0.15) is 12.2 Å². The van der Waals surface area contributed by atoms with Crippen LogP contribution in [0.4, 0.5) is 0 Å². The molecule has 2 fully saturated rings. The van der Waals surface area contributed by atoms with Crippen molar-refractivity contribution < 1.29 is 9.90 Å². The minimum absolute atomic E-state index is 0.0405. The van der Waals surface area contributed by atoms with Crippen molar-refractivity contribution in [3.8, 4) is 0 Å². The van der Waals surface area contributed by atoms with E-state index in [1.54, 1.807) is 17.7 Å². The van der Waals surface area contributed by atoms with Gasteiger partial charge in [0.25, 0.3) is 0 Å². The maximum Gasteiger partial charge on any atom is 0.228 e. The summed E-state index contributed by atoms with van der Waals surface area (Å²) >= 11 is 1.56. The number of fused-ring (bicyclic) bond motifs is 2. The van der Waals surface area contributed by atoms with E-state index in [0.29, 0.717) is 19.0 Å². The normalized spacial score (nSPS) is 27.3. The summed E-state index contributed by atoms with van der Waals surface area (Å²) in [5.41, 5.74) is 2.30. The minimum Gasteiger partial charge on any atom is -0.395 e. The highest BCUT2D eigenvalue weighted by atomic mass is 32.1. The van der Waals surface area contributed by atoms with E-state index in [9.17, 15) is 4.79 Å². The zero-order valence-corrected chi connectivity index (χ0v) is 16.4. The Morgan fingerprint density at radius 2 is 2.37 bits per heavy atom. The lowest BCUT2D eigenvalue weighted by Crippen LogP contribution is -2.51. The number of hydrogen-bond acceptors (Lipinski definition) is 7. The van der Waals surface area contributed by atoms with E-state index in [1.165, 1.54) is 0 Å². The van der Waals surface area contributed by atoms with Gasteiger partial charge in [-0.3, -0.25) is 9.69 Å². The van der Waals surface area contributed by atoms with Crippen LogP contribution in [0.15, 0.2) is 17.2 Å². The molecule has 2 N–H and O–H groups in total. The van der Waals surface area contributed by atoms with Crippen molar-refractivity contribution in [1.29, 1.82) is 0 Å². The zero-order valence-electron chi connectivity index (χ0n) is 15.5. The summed E-state index contributed by atoms with van der Waals surface area (Å²) in [4.78, 5) is 20.1. The Morgan fingerprint density at radius 3 is 3.11 bits per heavy atom. The lowest BCUT2D eigenvalue weighted by atomic mass is 9.70. The molecule has 8 nitrogen and oxygen atoms in total. The van der Waals surface area contributed by atoms with Gasteiger partial charge >= 0.3 is 0 Å². The molecule has 3 atom stereocenters. The van der Waals surface area contributed by atoms with Crippen LogP contribution in [0.3, 0.4) is 0 Å². The summed E-state index contributed by atoms with van der Waals surface area (Å²) in [6, 6.07) is 0.528. The van der Waals surface area contributed by atoms with Gasteiger partial charge in [0, 0.05) is 37.0 Å². The summed E-state index contributed by atoms with van der Waals surface area (Å²) < 4.78 is 2.06. The molecule has 146 valence electrons. The molecule has 0 saturated carbocycles. The number of amides is 1. The monoisotopic (exact) mass is 390 g/mol. The standard InChI is InChI=1S/C18H26N6O2S/c1-2-23-11-21-22-16(23)9-24-14-3-4-15(24)18(8-14,17(26)19-5-6-25)7-13-10-27-12-20-13/h10-12,14-15,25H,2-9H2,1H3,(H,19,26)/t14-,15+,18+/m1/s1. The second kappa shape index (κ2) is 7.65. The number of aliphatic hydroxyl groups excluding tert-OH is 1. The molecule has 4 heterocycles. The molecule has 9 heteroatoms. The fraction of sp³-hybridized carbons (Fsp3) is 0.667. The van der Waals surface area contributed by atoms with Gasteiger partial charge in [-0.25, -0.2) is 4.98 Å². The van der Waals surface area contributed by atoms with Crippen molar-refractivity contribution in [2.24, 2.45) is 5.41 Å². The van der Waals surface area contributed by atoms with Gasteiger partial charge in [-0.1, -0.05) is 0 Å². The molecule has 2 aliphatic rings. The molecule has 2 bridgehead atoms. The zero-order chi connectivity index (χ0) is 18.9. The van der Waals surface area contributed by atoms with Crippen molar-refractivity contribution in [2.45, 2.75) is 57.8 Å². The smallest absolute Gasteiger partial charge is 0.228 e. The Bertz CT molecular complexity index is 779. The van der Waals surface area contributed by atoms with Gasteiger partial charge in [-0.15, -0.1) is 21.5 Å². The molecular weight excluding hydrogens is 364 g/mol. The summed E-state index contributed by atoms with van der Waals surface area (Å²) in [5.74, 6) is 0.994. The number of aryl methyl sites for hydroxylation is 1. The molecule has 0 radical (unpaired) electrons. The highest BCUT2D eigenvalue weighted by Crippen LogP contribution is 2.52. The highest BCUT2D eigenvalue weighted by Gasteiger charge is 2.59. The molecule has 0 aliphatic carbocycles. The van der Waals surface area contributed by atoms with Crippen LogP contribution in [-0.4, -0.2) is 60.9 Å². The molecular formula is C18H26N6O2S. The van der Waals surface area contributed by atoms with Crippen LogP contribution >= 0.6 is 11.3 Å². The van der Waals surface area contributed by atoms with Crippen LogP contribution in [-0.2, 0) is 24.3 Å². The van der Waals surface area contributed by atoms with Crippen LogP contribution in [0.1, 0.15) is 37.7 Å². The Labute approximate surface area is 162 Å². The molecule has 1 amide bonds. The lowest BCUT2D eigenvalue weighted by molar-refractivity contribution is -0.133. The Morgan fingerprint density at radius 1 is 1.48 bits per heavy atom. The number of hydrogen-bond donors (Lipinski definition) is 2. The Balaban J connectivity index is 1.61. The van der Waals surface area contributed by atoms with Crippen molar-refractivity contribution in [2.75, 3.05) is 13.2 Å². The first-order chi connectivity index (χ1) is 13.2. The number of nitrogens with zero attached hydrogens (tertiary/aromatic N) is 5. The van der Waals surface area contributed by atoms with Gasteiger partial charge in [-0.2, -0.15) is 0 Å². The highest BCUT2D eigenvalue weighted by molar-refractivity contribution is 7.07. The van der Waals surface area contributed by atoms with Crippen LogP contribution < -0.4 is 5.32 Å². The van der Waals surface area contributed by atoms with Gasteiger partial charge < -0.3 is 15.0 Å². The third-order valence-corrected chi connectivity index (χ3v) is 6.71. The van der Waals surface area contributed by atoms with E-state index in [1.807, 2.05) is 10.9 Å². The number of carbonyl (C=O) groups excluding carboxylic acids is 1. The number of carbonyl (C=O) groups is 1. The average molecular weight is 391 g/mol. The van der Waals surface area contributed by atoms with Gasteiger partial charge in [0.05, 0.1) is 29.8 Å². The quantitative estimate of drug-likeness (QED) is 0.693. The second-order valence-corrected chi connectivity index (χ2v) is 8.17. The SMILES string of the molecule is CCn1cnnc1CN1[C@@H]2CC[C@H]1[C@@](Cc1cscn1)(C(=O)NCCO)C2. The molecule has 2 aliphatic heterocycles. The molecule has 0 aromatic carbocycles. The van der Waals surface area contributed by atoms with Crippen molar-refractivity contribution in [3.63, 3.8) is 0 Å². The Hall–Kier alpha value is -1.84. The van der Waals surface area contributed by atoms with E-state index in [0.717, 1.165) is 43.9 Å². The first-order valence-electron chi connectivity index (χ1n) is 9.56. The molecule has 2 saturated heterocycles. The third kappa shape index (κ3) is 3.28. The predicted octanol–water partition coefficient (Wildman–Crippen LogP) is 0.829. The van der Waals surface area contributed by atoms with Crippen LogP contribution in [0.2, 0.25) is 0 Å². The summed E-state index contributed by atoms with van der Waals surface area (Å²) in [5, 5.41) is 22.5. The molecule has 4 rings (SSSR count). The molecule has 27 heavy (non-hydrogen) atoms. The molecule has 0 unspecified atom stereocenters. The summed E-state index contributed by atoms with van der Waals surface area (Å²) in [7, 11) is 0. The molecule has 0 spiro atoms. The number of thiazole rings is 1. The van der Waals surface area contributed by atoms with E-state index < -0.39 is 5.41 Å². The minimum atomic E-state index is -0.497. The van der Waals surface area contributed by atoms with Crippen LogP contribution in [0.25, 0.3) is 0 Å². The summed E-state index contributed by atoms with van der Waals surface area (Å²) in [6.07, 6.45) is 5.35. The van der Waals surface area contributed by atoms with E-state index in [2.05, 4.69) is 36.9 Å². The molecule has 2 aromatic rings. The lowest BCUT2D eigenvalue weighted by Gasteiger charge is -2.36. The van der Waals surface area contributed by atoms with Gasteiger partial charge in [0.2, 0.25) is 5.91 Å². The van der Waals surface area contributed by atoms with Crippen LogP contribution in [0, 0.1) is 5.41 Å². The predicted molar refractivity (Wildman–Crippen MR) is 101 cm³/mol. The van der Waals surface area contributed by atoms with Gasteiger partial charge in [0.15, 0.2) is 0 Å². The first-order valence-corrected chi connectivity index (χ1v) is 10.5. The summed E-state index contributed by atoms with van der Waals surface area (Å²) in [6.45, 7) is 3.89. The average Bonchev–Trinajstić information content (AvgIpc) is 3.46. The molecule has 2 aromatic heterocycles. The number of rotatable bonds is 8. The fourth-order valence-corrected chi connectivity index (χ4v) is 5.44. The van der Waals surface area contributed by atoms with Crippen molar-refractivity contribution >= 4 is 17.2 Å². The number of nitrogens with one attached hydrogen (secondary N) is 1. The third-order valence-electron chi connectivity index (χ3n) is 6.07. The van der Waals surface area contributed by atoms with Crippen molar-refractivity contribution in [1.82, 2.24) is 30.0 Å². The van der Waals surface area contributed by atoms with Crippen LogP contribution in [0.5, 0.6) is 0 Å². The Kier molecular flexibility index (Phi) is 5.25. The topological polar surface area (TPSA) is 96.2 Å². The first kappa shape index (κ1) is 18.5. The maximum atomic E-state index is 13.2. The van der Waals surface area contributed by atoms with E-state index in [-0.39, 0.29) is 18.6 Å². The second-order valence-electron chi connectivity index (χ2n) is 7.45. The largest absolute Gasteiger partial charge is 0.395 e. The maximum absolute atomic E-state index is 13.2. The fourth-order valence-electron chi connectivity index (χ4n) is 4.88. The number of aliphatic hydroxyl groups is 1. The van der Waals surface area contributed by atoms with E-state index in [4.69, 9.17) is 5.11 Å². The van der Waals surface area contributed by atoms with E-state index >= 15 is 0 Å². The van der Waals surface area contributed by atoms with Crippen molar-refractivity contribution in [3.05, 3.63) is 28.7 Å².